The van der Waals surface area contributed by atoms with E-state index in [2.05, 4.69) is 23.5 Å². The predicted octanol–water partition coefficient (Wildman–Crippen LogP) is 3.43. The van der Waals surface area contributed by atoms with E-state index in [0.717, 1.165) is 31.4 Å². The van der Waals surface area contributed by atoms with E-state index in [1.54, 1.807) is 0 Å². The van der Waals surface area contributed by atoms with E-state index in [0.29, 0.717) is 0 Å². The van der Waals surface area contributed by atoms with Gasteiger partial charge in [-0.25, -0.2) is 0 Å². The van der Waals surface area contributed by atoms with Gasteiger partial charge in [0.05, 0.1) is 6.61 Å². The third-order valence-electron chi connectivity index (χ3n) is 4.17. The van der Waals surface area contributed by atoms with Crippen molar-refractivity contribution in [3.8, 4) is 5.75 Å². The molecule has 1 aromatic carbocycles. The highest BCUT2D eigenvalue weighted by molar-refractivity contribution is 5.38. The lowest BCUT2D eigenvalue weighted by atomic mass is 9.95. The maximum absolute atomic E-state index is 5.65. The van der Waals surface area contributed by atoms with Crippen LogP contribution in [0.5, 0.6) is 5.75 Å². The lowest BCUT2D eigenvalue weighted by Crippen LogP contribution is -2.30. The molecule has 1 aliphatic heterocycles. The summed E-state index contributed by atoms with van der Waals surface area (Å²) >= 11 is 0. The van der Waals surface area contributed by atoms with E-state index < -0.39 is 0 Å². The molecule has 2 heteroatoms. The number of ether oxygens (including phenoxy) is 1. The van der Waals surface area contributed by atoms with Gasteiger partial charge in [0.2, 0.25) is 0 Å². The maximum atomic E-state index is 5.65. The summed E-state index contributed by atoms with van der Waals surface area (Å²) < 4.78 is 5.65. The fourth-order valence-corrected chi connectivity index (χ4v) is 3.09. The number of rotatable bonds is 3. The molecule has 0 unspecified atom stereocenters. The maximum Gasteiger partial charge on any atom is 0.122 e. The first-order chi connectivity index (χ1) is 8.92. The number of nitrogens with one attached hydrogen (secondary N) is 1. The third kappa shape index (κ3) is 2.86. The average Bonchev–Trinajstić information content (AvgIpc) is 2.46. The molecule has 0 aromatic heterocycles. The first-order valence-corrected chi connectivity index (χ1v) is 7.40. The Morgan fingerprint density at radius 2 is 2.00 bits per heavy atom. The topological polar surface area (TPSA) is 21.3 Å². The Kier molecular flexibility index (Phi) is 3.84. The third-order valence-corrected chi connectivity index (χ3v) is 4.17. The van der Waals surface area contributed by atoms with Crippen LogP contribution in [0.3, 0.4) is 0 Å². The van der Waals surface area contributed by atoms with Crippen molar-refractivity contribution in [3.05, 3.63) is 29.3 Å². The van der Waals surface area contributed by atoms with E-state index in [1.165, 1.54) is 49.7 Å². The zero-order valence-corrected chi connectivity index (χ0v) is 11.1. The summed E-state index contributed by atoms with van der Waals surface area (Å²) in [7, 11) is 0. The van der Waals surface area contributed by atoms with Gasteiger partial charge >= 0.3 is 0 Å². The van der Waals surface area contributed by atoms with Gasteiger partial charge in [0.15, 0.2) is 0 Å². The lowest BCUT2D eigenvalue weighted by molar-refractivity contribution is 0.288. The summed E-state index contributed by atoms with van der Waals surface area (Å²) in [5.41, 5.74) is 2.80. The number of fused-ring (bicyclic) bond motifs is 1. The van der Waals surface area contributed by atoms with E-state index >= 15 is 0 Å². The van der Waals surface area contributed by atoms with Gasteiger partial charge in [0.25, 0.3) is 0 Å². The minimum Gasteiger partial charge on any atom is -0.493 e. The molecule has 3 rings (SSSR count). The molecule has 0 spiro atoms. The summed E-state index contributed by atoms with van der Waals surface area (Å²) in [6.07, 6.45) is 9.26. The summed E-state index contributed by atoms with van der Waals surface area (Å²) in [6, 6.07) is 7.42. The Morgan fingerprint density at radius 3 is 2.89 bits per heavy atom. The van der Waals surface area contributed by atoms with Gasteiger partial charge in [-0.15, -0.1) is 0 Å². The Labute approximate surface area is 110 Å². The van der Waals surface area contributed by atoms with Crippen LogP contribution < -0.4 is 10.1 Å². The molecule has 1 heterocycles. The van der Waals surface area contributed by atoms with Gasteiger partial charge in [-0.1, -0.05) is 31.4 Å². The highest BCUT2D eigenvalue weighted by Gasteiger charge is 2.14. The van der Waals surface area contributed by atoms with E-state index in [-0.39, 0.29) is 0 Å². The number of hydrogen-bond acceptors (Lipinski definition) is 2. The first kappa shape index (κ1) is 12.0. The summed E-state index contributed by atoms with van der Waals surface area (Å²) in [5, 5.41) is 3.70. The fourth-order valence-electron chi connectivity index (χ4n) is 3.09. The Balaban J connectivity index is 1.58. The minimum absolute atomic E-state index is 0.742. The highest BCUT2D eigenvalue weighted by Crippen LogP contribution is 2.25. The molecule has 1 saturated carbocycles. The number of aryl methyl sites for hydroxylation is 1. The molecular weight excluding hydrogens is 222 g/mol. The second-order valence-corrected chi connectivity index (χ2v) is 5.61. The Hall–Kier alpha value is -1.02. The summed E-state index contributed by atoms with van der Waals surface area (Å²) in [6.45, 7) is 1.89. The fraction of sp³-hybridized carbons (Fsp3) is 0.625. The van der Waals surface area contributed by atoms with Crippen molar-refractivity contribution < 1.29 is 4.74 Å². The normalized spacial score (nSPS) is 20.2. The predicted molar refractivity (Wildman–Crippen MR) is 74.0 cm³/mol. The minimum atomic E-state index is 0.742. The second kappa shape index (κ2) is 5.75. The zero-order chi connectivity index (χ0) is 12.2. The molecule has 1 fully saturated rings. The van der Waals surface area contributed by atoms with Crippen LogP contribution in [-0.2, 0) is 13.0 Å². The quantitative estimate of drug-likeness (QED) is 0.881. The first-order valence-electron chi connectivity index (χ1n) is 7.40. The molecule has 2 nitrogen and oxygen atoms in total. The van der Waals surface area contributed by atoms with Crippen LogP contribution in [0.25, 0.3) is 0 Å². The van der Waals surface area contributed by atoms with Gasteiger partial charge in [0.1, 0.15) is 5.75 Å². The Bertz CT molecular complexity index is 396. The second-order valence-electron chi connectivity index (χ2n) is 5.61. The Morgan fingerprint density at radius 1 is 1.11 bits per heavy atom. The standard InChI is InChI=1S/C16H23NO/c1-2-6-15(7-3-1)17-12-13-8-9-16-14(11-13)5-4-10-18-16/h8-9,11,15,17H,1-7,10,12H2. The van der Waals surface area contributed by atoms with Crippen LogP contribution in [0.15, 0.2) is 18.2 Å². The van der Waals surface area contributed by atoms with Crippen LogP contribution in [0, 0.1) is 0 Å². The van der Waals surface area contributed by atoms with Crippen molar-refractivity contribution >= 4 is 0 Å². The molecule has 0 saturated heterocycles. The van der Waals surface area contributed by atoms with Crippen LogP contribution in [0.2, 0.25) is 0 Å². The molecule has 0 bridgehead atoms. The van der Waals surface area contributed by atoms with Crippen LogP contribution in [-0.4, -0.2) is 12.6 Å². The largest absolute Gasteiger partial charge is 0.493 e. The molecule has 1 N–H and O–H groups in total. The number of benzene rings is 1. The van der Waals surface area contributed by atoms with Gasteiger partial charge < -0.3 is 10.1 Å². The zero-order valence-electron chi connectivity index (χ0n) is 11.1. The van der Waals surface area contributed by atoms with E-state index in [4.69, 9.17) is 4.74 Å². The van der Waals surface area contributed by atoms with Crippen molar-refractivity contribution in [3.63, 3.8) is 0 Å². The molecule has 0 radical (unpaired) electrons. The van der Waals surface area contributed by atoms with E-state index in [1.807, 2.05) is 0 Å². The van der Waals surface area contributed by atoms with Gasteiger partial charge in [-0.2, -0.15) is 0 Å². The number of hydrogen-bond donors (Lipinski definition) is 1. The van der Waals surface area contributed by atoms with Crippen molar-refractivity contribution in [2.24, 2.45) is 0 Å². The van der Waals surface area contributed by atoms with Gasteiger partial charge in [-0.3, -0.25) is 0 Å². The van der Waals surface area contributed by atoms with Crippen molar-refractivity contribution in [2.75, 3.05) is 6.61 Å². The van der Waals surface area contributed by atoms with Crippen LogP contribution in [0.4, 0.5) is 0 Å². The summed E-state index contributed by atoms with van der Waals surface area (Å²) in [4.78, 5) is 0. The SMILES string of the molecule is c1cc2c(cc1CNC1CCCCC1)CCCO2. The lowest BCUT2D eigenvalue weighted by Gasteiger charge is -2.23. The smallest absolute Gasteiger partial charge is 0.122 e. The highest BCUT2D eigenvalue weighted by atomic mass is 16.5. The molecule has 0 amide bonds. The molecule has 18 heavy (non-hydrogen) atoms. The van der Waals surface area contributed by atoms with E-state index in [9.17, 15) is 0 Å². The van der Waals surface area contributed by atoms with Gasteiger partial charge in [-0.05, 0) is 42.9 Å². The molecule has 0 atom stereocenters. The molecular formula is C16H23NO. The monoisotopic (exact) mass is 245 g/mol. The average molecular weight is 245 g/mol. The van der Waals surface area contributed by atoms with Gasteiger partial charge in [0, 0.05) is 12.6 Å². The van der Waals surface area contributed by atoms with Crippen molar-refractivity contribution in [1.29, 1.82) is 0 Å². The van der Waals surface area contributed by atoms with Crippen LogP contribution in [0.1, 0.15) is 49.7 Å². The molecule has 1 aromatic rings. The van der Waals surface area contributed by atoms with Crippen LogP contribution >= 0.6 is 0 Å². The molecule has 1 aliphatic carbocycles. The summed E-state index contributed by atoms with van der Waals surface area (Å²) in [5.74, 6) is 1.10. The molecule has 2 aliphatic rings. The molecule has 98 valence electrons. The van der Waals surface area contributed by atoms with Crippen molar-refractivity contribution in [1.82, 2.24) is 5.32 Å². The van der Waals surface area contributed by atoms with Crippen molar-refractivity contribution in [2.45, 2.75) is 57.5 Å².